The molecule has 1 N–H and O–H groups in total. The van der Waals surface area contributed by atoms with E-state index in [-0.39, 0.29) is 6.04 Å². The van der Waals surface area contributed by atoms with Crippen LogP contribution in [0.5, 0.6) is 0 Å². The van der Waals surface area contributed by atoms with Gasteiger partial charge in [0.1, 0.15) is 5.82 Å². The standard InChI is InChI=1S/C20H21BrN6O/c1-20(16-5-2-3-6-17(16)27-23-10-11-24-27)18(7-4-12-26(20)14-28)25-19-9-8-15(21)13-22-19/h2-3,5-6,8-11,13-14,18H,4,7,12H2,1H3,(H,22,25)/t18-,20-/m0/s1. The Morgan fingerprint density at radius 2 is 2.00 bits per heavy atom. The number of nitrogens with one attached hydrogen (secondary N) is 1. The summed E-state index contributed by atoms with van der Waals surface area (Å²) in [6.07, 6.45) is 7.85. The van der Waals surface area contributed by atoms with Crippen LogP contribution in [0.4, 0.5) is 5.82 Å². The van der Waals surface area contributed by atoms with Crippen LogP contribution in [0.25, 0.3) is 5.69 Å². The lowest BCUT2D eigenvalue weighted by Gasteiger charge is -2.49. The minimum Gasteiger partial charge on any atom is -0.365 e. The van der Waals surface area contributed by atoms with Gasteiger partial charge in [-0.05, 0) is 53.9 Å². The highest BCUT2D eigenvalue weighted by Gasteiger charge is 2.45. The Morgan fingerprint density at radius 1 is 1.21 bits per heavy atom. The second-order valence-corrected chi connectivity index (χ2v) is 7.90. The van der Waals surface area contributed by atoms with Gasteiger partial charge in [-0.3, -0.25) is 4.79 Å². The van der Waals surface area contributed by atoms with Crippen LogP contribution >= 0.6 is 15.9 Å². The summed E-state index contributed by atoms with van der Waals surface area (Å²) in [5.74, 6) is 0.780. The molecule has 2 aromatic heterocycles. The van der Waals surface area contributed by atoms with Gasteiger partial charge in [-0.15, -0.1) is 0 Å². The van der Waals surface area contributed by atoms with E-state index >= 15 is 0 Å². The molecule has 0 saturated carbocycles. The number of likely N-dealkylation sites (tertiary alicyclic amines) is 1. The molecule has 144 valence electrons. The van der Waals surface area contributed by atoms with E-state index in [1.54, 1.807) is 23.4 Å². The number of carbonyl (C=O) groups excluding carboxylic acids is 1. The maximum Gasteiger partial charge on any atom is 0.210 e. The lowest BCUT2D eigenvalue weighted by molar-refractivity contribution is -0.126. The molecule has 4 rings (SSSR count). The lowest BCUT2D eigenvalue weighted by Crippen LogP contribution is -2.58. The quantitative estimate of drug-likeness (QED) is 0.615. The van der Waals surface area contributed by atoms with Crippen molar-refractivity contribution < 1.29 is 4.79 Å². The molecule has 8 heteroatoms. The van der Waals surface area contributed by atoms with Gasteiger partial charge in [-0.25, -0.2) is 4.98 Å². The molecule has 3 aromatic rings. The molecule has 0 bridgehead atoms. The van der Waals surface area contributed by atoms with Crippen LogP contribution < -0.4 is 5.32 Å². The van der Waals surface area contributed by atoms with Gasteiger partial charge in [0.15, 0.2) is 0 Å². The van der Waals surface area contributed by atoms with Gasteiger partial charge in [0.25, 0.3) is 0 Å². The topological polar surface area (TPSA) is 75.9 Å². The molecule has 0 unspecified atom stereocenters. The van der Waals surface area contributed by atoms with Crippen molar-refractivity contribution in [2.24, 2.45) is 0 Å². The minimum atomic E-state index is -0.584. The number of aromatic nitrogens is 4. The summed E-state index contributed by atoms with van der Waals surface area (Å²) >= 11 is 3.42. The molecule has 2 atom stereocenters. The Hall–Kier alpha value is -2.74. The van der Waals surface area contributed by atoms with Gasteiger partial charge in [-0.2, -0.15) is 15.0 Å². The smallest absolute Gasteiger partial charge is 0.210 e. The van der Waals surface area contributed by atoms with E-state index in [9.17, 15) is 4.79 Å². The summed E-state index contributed by atoms with van der Waals surface area (Å²) in [4.78, 5) is 20.0. The number of carbonyl (C=O) groups is 1. The molecule has 3 heterocycles. The number of amides is 1. The molecular weight excluding hydrogens is 420 g/mol. The summed E-state index contributed by atoms with van der Waals surface area (Å²) in [7, 11) is 0. The minimum absolute atomic E-state index is 0.0168. The van der Waals surface area contributed by atoms with Crippen molar-refractivity contribution in [3.05, 3.63) is 65.0 Å². The molecule has 0 radical (unpaired) electrons. The zero-order valence-corrected chi connectivity index (χ0v) is 17.1. The lowest BCUT2D eigenvalue weighted by atomic mass is 9.77. The Labute approximate surface area is 171 Å². The molecule has 1 aliphatic rings. The second-order valence-electron chi connectivity index (χ2n) is 6.98. The van der Waals surface area contributed by atoms with Crippen LogP contribution in [0.15, 0.2) is 59.5 Å². The summed E-state index contributed by atoms with van der Waals surface area (Å²) in [5, 5.41) is 12.2. The van der Waals surface area contributed by atoms with E-state index < -0.39 is 5.54 Å². The Kier molecular flexibility index (Phi) is 5.13. The van der Waals surface area contributed by atoms with Crippen molar-refractivity contribution in [3.63, 3.8) is 0 Å². The first kappa shape index (κ1) is 18.6. The fraction of sp³-hybridized carbons (Fsp3) is 0.300. The van der Waals surface area contributed by atoms with E-state index in [4.69, 9.17) is 0 Å². The highest BCUT2D eigenvalue weighted by molar-refractivity contribution is 9.10. The fourth-order valence-electron chi connectivity index (χ4n) is 3.95. The maximum atomic E-state index is 12.0. The SMILES string of the molecule is C[C@]1(c2ccccc2-n2nccn2)[C@@H](Nc2ccc(Br)cn2)CCCN1C=O. The maximum absolute atomic E-state index is 12.0. The average Bonchev–Trinajstić information content (AvgIpc) is 3.26. The van der Waals surface area contributed by atoms with Crippen molar-refractivity contribution in [1.29, 1.82) is 0 Å². The van der Waals surface area contributed by atoms with Crippen LogP contribution in [0, 0.1) is 0 Å². The Balaban J connectivity index is 1.79. The summed E-state index contributed by atoms with van der Waals surface area (Å²) in [5.41, 5.74) is 1.27. The first-order valence-corrected chi connectivity index (χ1v) is 9.98. The molecule has 1 saturated heterocycles. The summed E-state index contributed by atoms with van der Waals surface area (Å²) in [6, 6.07) is 11.8. The first-order chi connectivity index (χ1) is 13.6. The second kappa shape index (κ2) is 7.71. The van der Waals surface area contributed by atoms with Gasteiger partial charge in [-0.1, -0.05) is 18.2 Å². The molecule has 0 aliphatic carbocycles. The van der Waals surface area contributed by atoms with Gasteiger partial charge >= 0.3 is 0 Å². The molecule has 0 spiro atoms. The number of rotatable bonds is 5. The highest BCUT2D eigenvalue weighted by Crippen LogP contribution is 2.40. The Bertz CT molecular complexity index is 946. The number of anilines is 1. The van der Waals surface area contributed by atoms with Crippen molar-refractivity contribution in [1.82, 2.24) is 24.9 Å². The molecule has 1 aliphatic heterocycles. The molecule has 1 amide bonds. The van der Waals surface area contributed by atoms with Crippen LogP contribution in [-0.2, 0) is 10.3 Å². The van der Waals surface area contributed by atoms with Crippen molar-refractivity contribution in [3.8, 4) is 5.69 Å². The third-order valence-electron chi connectivity index (χ3n) is 5.43. The highest BCUT2D eigenvalue weighted by atomic mass is 79.9. The third-order valence-corrected chi connectivity index (χ3v) is 5.90. The largest absolute Gasteiger partial charge is 0.365 e. The van der Waals surface area contributed by atoms with Crippen LogP contribution in [-0.4, -0.2) is 43.9 Å². The zero-order chi connectivity index (χ0) is 19.6. The van der Waals surface area contributed by atoms with E-state index in [1.807, 2.05) is 41.3 Å². The predicted octanol–water partition coefficient (Wildman–Crippen LogP) is 3.37. The number of nitrogens with zero attached hydrogens (tertiary/aromatic N) is 5. The number of hydrogen-bond acceptors (Lipinski definition) is 5. The van der Waals surface area contributed by atoms with Gasteiger partial charge in [0, 0.05) is 22.8 Å². The first-order valence-electron chi connectivity index (χ1n) is 9.19. The van der Waals surface area contributed by atoms with Crippen molar-refractivity contribution in [2.45, 2.75) is 31.3 Å². The van der Waals surface area contributed by atoms with Gasteiger partial charge < -0.3 is 10.2 Å². The molecule has 7 nitrogen and oxygen atoms in total. The van der Waals surface area contributed by atoms with E-state index in [0.29, 0.717) is 6.54 Å². The van der Waals surface area contributed by atoms with Crippen LogP contribution in [0.1, 0.15) is 25.3 Å². The molecule has 1 fully saturated rings. The van der Waals surface area contributed by atoms with Crippen molar-refractivity contribution >= 4 is 28.2 Å². The monoisotopic (exact) mass is 440 g/mol. The summed E-state index contributed by atoms with van der Waals surface area (Å²) in [6.45, 7) is 2.80. The van der Waals surface area contributed by atoms with E-state index in [1.165, 1.54) is 0 Å². The van der Waals surface area contributed by atoms with E-state index in [0.717, 1.165) is 40.8 Å². The van der Waals surface area contributed by atoms with Gasteiger partial charge in [0.05, 0.1) is 29.7 Å². The molecule has 1 aromatic carbocycles. The van der Waals surface area contributed by atoms with Crippen LogP contribution in [0.2, 0.25) is 0 Å². The number of pyridine rings is 1. The fourth-order valence-corrected chi connectivity index (χ4v) is 4.19. The molecule has 28 heavy (non-hydrogen) atoms. The molecular formula is C20H21BrN6O. The number of hydrogen-bond donors (Lipinski definition) is 1. The summed E-state index contributed by atoms with van der Waals surface area (Å²) < 4.78 is 0.925. The number of para-hydroxylation sites is 1. The number of benzene rings is 1. The average molecular weight is 441 g/mol. The number of halogens is 1. The van der Waals surface area contributed by atoms with Crippen LogP contribution in [0.3, 0.4) is 0 Å². The zero-order valence-electron chi connectivity index (χ0n) is 15.5. The number of piperidine rings is 1. The third kappa shape index (κ3) is 3.28. The predicted molar refractivity (Wildman–Crippen MR) is 110 cm³/mol. The van der Waals surface area contributed by atoms with Crippen molar-refractivity contribution in [2.75, 3.05) is 11.9 Å². The van der Waals surface area contributed by atoms with Gasteiger partial charge in [0.2, 0.25) is 6.41 Å². The normalized spacial score (nSPS) is 22.1. The Morgan fingerprint density at radius 3 is 2.71 bits per heavy atom. The van der Waals surface area contributed by atoms with E-state index in [2.05, 4.69) is 43.4 Å².